The zero-order valence-corrected chi connectivity index (χ0v) is 16.6. The average molecular weight is 415 g/mol. The maximum Gasteiger partial charge on any atom is 0.418 e. The lowest BCUT2D eigenvalue weighted by Gasteiger charge is -2.28. The Hall–Kier alpha value is -2.82. The van der Waals surface area contributed by atoms with Crippen molar-refractivity contribution in [1.29, 1.82) is 0 Å². The molecule has 0 spiro atoms. The van der Waals surface area contributed by atoms with Crippen molar-refractivity contribution in [3.8, 4) is 0 Å². The number of likely N-dealkylation sites (N-methyl/N-ethyl adjacent to an activating group) is 1. The first-order chi connectivity index (χ1) is 13.3. The topological polar surface area (TPSA) is 111 Å². The third-order valence-electron chi connectivity index (χ3n) is 4.46. The van der Waals surface area contributed by atoms with Crippen molar-refractivity contribution in [2.75, 3.05) is 13.6 Å². The predicted molar refractivity (Wildman–Crippen MR) is 101 cm³/mol. The molecule has 0 radical (unpaired) electrons. The number of imidazole rings is 1. The lowest BCUT2D eigenvalue weighted by atomic mass is 9.86. The summed E-state index contributed by atoms with van der Waals surface area (Å²) in [5, 5.41) is 5.13. The van der Waals surface area contributed by atoms with Crippen molar-refractivity contribution >= 4 is 23.0 Å². The van der Waals surface area contributed by atoms with Gasteiger partial charge in [0.1, 0.15) is 6.04 Å². The third kappa shape index (κ3) is 4.44. The summed E-state index contributed by atoms with van der Waals surface area (Å²) in [6.07, 6.45) is -4.73. The van der Waals surface area contributed by atoms with Crippen LogP contribution in [-0.4, -0.2) is 40.7 Å². The largest absolute Gasteiger partial charge is 0.418 e. The number of carbonyl (C=O) groups is 2. The van der Waals surface area contributed by atoms with Gasteiger partial charge in [-0.25, -0.2) is 14.2 Å². The van der Waals surface area contributed by atoms with E-state index >= 15 is 0 Å². The van der Waals surface area contributed by atoms with Crippen molar-refractivity contribution in [2.24, 2.45) is 11.1 Å². The number of nitrogens with two attached hydrogens (primary N) is 1. The minimum Gasteiger partial charge on any atom is -0.368 e. The second-order valence-corrected chi connectivity index (χ2v) is 7.70. The molecule has 0 unspecified atom stereocenters. The Bertz CT molecular complexity index is 986. The van der Waals surface area contributed by atoms with Crippen LogP contribution in [-0.2, 0) is 17.5 Å². The minimum absolute atomic E-state index is 0.0856. The normalized spacial score (nSPS) is 13.5. The van der Waals surface area contributed by atoms with Crippen LogP contribution in [0.4, 0.5) is 18.0 Å². The number of fused-ring (bicyclic) bond motifs is 1. The maximum atomic E-state index is 13.5. The molecule has 11 heteroatoms. The Morgan fingerprint density at radius 2 is 1.83 bits per heavy atom. The molecule has 29 heavy (non-hydrogen) atoms. The van der Waals surface area contributed by atoms with Crippen LogP contribution in [0.2, 0.25) is 0 Å². The van der Waals surface area contributed by atoms with Crippen LogP contribution >= 0.6 is 0 Å². The molecule has 0 saturated heterocycles. The number of benzene rings is 1. The van der Waals surface area contributed by atoms with E-state index in [9.17, 15) is 27.6 Å². The van der Waals surface area contributed by atoms with Gasteiger partial charge in [-0.05, 0) is 24.6 Å². The molecule has 8 nitrogen and oxygen atoms in total. The van der Waals surface area contributed by atoms with Crippen LogP contribution in [0, 0.1) is 5.41 Å². The van der Waals surface area contributed by atoms with Gasteiger partial charge in [0.15, 0.2) is 0 Å². The van der Waals surface area contributed by atoms with E-state index in [1.54, 1.807) is 27.8 Å². The first kappa shape index (κ1) is 22.5. The summed E-state index contributed by atoms with van der Waals surface area (Å²) in [4.78, 5) is 37.4. The summed E-state index contributed by atoms with van der Waals surface area (Å²) in [6.45, 7) is 5.09. The predicted octanol–water partition coefficient (Wildman–Crippen LogP) is 1.50. The van der Waals surface area contributed by atoms with Crippen molar-refractivity contribution in [2.45, 2.75) is 39.5 Å². The molecule has 0 fully saturated rings. The molecule has 0 bridgehead atoms. The Kier molecular flexibility index (Phi) is 6.12. The van der Waals surface area contributed by atoms with Crippen LogP contribution in [0.15, 0.2) is 23.0 Å². The van der Waals surface area contributed by atoms with Crippen molar-refractivity contribution in [1.82, 2.24) is 19.8 Å². The van der Waals surface area contributed by atoms with Crippen molar-refractivity contribution in [3.63, 3.8) is 0 Å². The quantitative estimate of drug-likeness (QED) is 0.687. The summed E-state index contributed by atoms with van der Waals surface area (Å²) in [5.74, 6) is -0.825. The highest BCUT2D eigenvalue weighted by Gasteiger charge is 2.37. The number of carbonyl (C=O) groups excluding carboxylic acids is 2. The van der Waals surface area contributed by atoms with E-state index in [0.29, 0.717) is 4.57 Å². The van der Waals surface area contributed by atoms with Crippen molar-refractivity contribution in [3.05, 3.63) is 34.2 Å². The second kappa shape index (κ2) is 7.90. The molecular formula is C18H24F3N5O3. The van der Waals surface area contributed by atoms with Crippen LogP contribution in [0.1, 0.15) is 26.3 Å². The molecule has 160 valence electrons. The fraction of sp³-hybridized carbons (Fsp3) is 0.500. The molecule has 2 rings (SSSR count). The summed E-state index contributed by atoms with van der Waals surface area (Å²) < 4.78 is 42.1. The summed E-state index contributed by atoms with van der Waals surface area (Å²) in [5.41, 5.74) is 1.99. The van der Waals surface area contributed by atoms with Gasteiger partial charge in [0.2, 0.25) is 5.91 Å². The zero-order chi connectivity index (χ0) is 22.1. The molecule has 1 aromatic heterocycles. The van der Waals surface area contributed by atoms with Gasteiger partial charge in [0.05, 0.1) is 16.6 Å². The standard InChI is InChI=1S/C18H24F3N5O3/c1-17(2,3)13(14(22)27)24-15(28)26-11-7-5-6-10(18(19,20)21)12(11)25(16(26)29)9-8-23-4/h5-7,13,23H,8-9H2,1-4H3,(H2,22,27)(H,24,28)/t13-/m1/s1. The van der Waals surface area contributed by atoms with E-state index in [1.807, 2.05) is 0 Å². The van der Waals surface area contributed by atoms with Gasteiger partial charge in [-0.3, -0.25) is 9.36 Å². The number of rotatable bonds is 5. The van der Waals surface area contributed by atoms with E-state index in [-0.39, 0.29) is 18.6 Å². The number of nitrogens with one attached hydrogen (secondary N) is 2. The average Bonchev–Trinajstić information content (AvgIpc) is 2.86. The fourth-order valence-corrected chi connectivity index (χ4v) is 3.07. The first-order valence-corrected chi connectivity index (χ1v) is 8.87. The molecule has 4 N–H and O–H groups in total. The smallest absolute Gasteiger partial charge is 0.368 e. The monoisotopic (exact) mass is 415 g/mol. The van der Waals surface area contributed by atoms with Crippen LogP contribution in [0.3, 0.4) is 0 Å². The SMILES string of the molecule is CNCCn1c(=O)n(C(=O)N[C@H](C(N)=O)C(C)(C)C)c2cccc(C(F)(F)F)c21. The molecule has 2 amide bonds. The minimum atomic E-state index is -4.73. The van der Waals surface area contributed by atoms with Gasteiger partial charge in [-0.1, -0.05) is 26.8 Å². The number of primary amides is 1. The Labute approximate surface area is 164 Å². The van der Waals surface area contributed by atoms with Gasteiger partial charge >= 0.3 is 17.9 Å². The summed E-state index contributed by atoms with van der Waals surface area (Å²) in [6, 6.07) is 1.05. The lowest BCUT2D eigenvalue weighted by molar-refractivity contribution is -0.136. The Morgan fingerprint density at radius 1 is 1.21 bits per heavy atom. The van der Waals surface area contributed by atoms with E-state index in [2.05, 4.69) is 10.6 Å². The van der Waals surface area contributed by atoms with E-state index in [0.717, 1.165) is 16.7 Å². The number of nitrogens with zero attached hydrogens (tertiary/aromatic N) is 2. The maximum absolute atomic E-state index is 13.5. The van der Waals surface area contributed by atoms with Gasteiger partial charge in [-0.2, -0.15) is 13.2 Å². The van der Waals surface area contributed by atoms with Crippen molar-refractivity contribution < 1.29 is 22.8 Å². The zero-order valence-electron chi connectivity index (χ0n) is 16.6. The van der Waals surface area contributed by atoms with Crippen LogP contribution < -0.4 is 22.1 Å². The number of aromatic nitrogens is 2. The van der Waals surface area contributed by atoms with E-state index in [4.69, 9.17) is 5.73 Å². The second-order valence-electron chi connectivity index (χ2n) is 7.70. The highest BCUT2D eigenvalue weighted by Crippen LogP contribution is 2.34. The molecule has 0 aliphatic carbocycles. The first-order valence-electron chi connectivity index (χ1n) is 8.87. The van der Waals surface area contributed by atoms with E-state index in [1.165, 1.54) is 6.07 Å². The number of hydrogen-bond acceptors (Lipinski definition) is 4. The lowest BCUT2D eigenvalue weighted by Crippen LogP contribution is -2.54. The highest BCUT2D eigenvalue weighted by molar-refractivity contribution is 5.93. The molecule has 0 aliphatic heterocycles. The highest BCUT2D eigenvalue weighted by atomic mass is 19.4. The Balaban J connectivity index is 2.71. The van der Waals surface area contributed by atoms with Gasteiger partial charge in [0.25, 0.3) is 0 Å². The van der Waals surface area contributed by atoms with Gasteiger partial charge in [0, 0.05) is 13.1 Å². The molecular weight excluding hydrogens is 391 g/mol. The van der Waals surface area contributed by atoms with E-state index < -0.39 is 46.3 Å². The number of hydrogen-bond donors (Lipinski definition) is 3. The molecule has 2 aromatic rings. The Morgan fingerprint density at radius 3 is 2.31 bits per heavy atom. The molecule has 0 saturated carbocycles. The third-order valence-corrected chi connectivity index (χ3v) is 4.46. The number of alkyl halides is 3. The number of halogens is 3. The van der Waals surface area contributed by atoms with Crippen LogP contribution in [0.5, 0.6) is 0 Å². The summed E-state index contributed by atoms with van der Waals surface area (Å²) >= 11 is 0. The van der Waals surface area contributed by atoms with Gasteiger partial charge in [-0.15, -0.1) is 0 Å². The molecule has 1 atom stereocenters. The van der Waals surface area contributed by atoms with Crippen LogP contribution in [0.25, 0.3) is 11.0 Å². The number of para-hydroxylation sites is 1. The molecule has 0 aliphatic rings. The fourth-order valence-electron chi connectivity index (χ4n) is 3.07. The molecule has 1 aromatic carbocycles. The number of amides is 2. The van der Waals surface area contributed by atoms with Gasteiger partial charge < -0.3 is 16.4 Å². The summed E-state index contributed by atoms with van der Waals surface area (Å²) in [7, 11) is 1.59. The molecule has 1 heterocycles.